The highest BCUT2D eigenvalue weighted by Gasteiger charge is 2.31. The minimum atomic E-state index is -0.255. The average Bonchev–Trinajstić information content (AvgIpc) is 2.77. The molecule has 0 spiro atoms. The summed E-state index contributed by atoms with van der Waals surface area (Å²) in [5.74, 6) is -0.255. The van der Waals surface area contributed by atoms with Crippen LogP contribution in [0.4, 0.5) is 15.8 Å². The molecule has 0 heterocycles. The first-order chi connectivity index (χ1) is 8.15. The Kier molecular flexibility index (Phi) is 3.55. The molecule has 0 unspecified atom stereocenters. The molecule has 1 aromatic rings. The van der Waals surface area contributed by atoms with Crippen molar-refractivity contribution in [2.75, 3.05) is 17.6 Å². The van der Waals surface area contributed by atoms with Gasteiger partial charge in [-0.15, -0.1) is 0 Å². The second kappa shape index (κ2) is 4.94. The maximum Gasteiger partial charge on any atom is 0.148 e. The van der Waals surface area contributed by atoms with Crippen molar-refractivity contribution in [2.24, 2.45) is 5.41 Å². The lowest BCUT2D eigenvalue weighted by Crippen LogP contribution is -2.26. The first kappa shape index (κ1) is 12.2. The fourth-order valence-electron chi connectivity index (χ4n) is 2.74. The Labute approximate surface area is 102 Å². The van der Waals surface area contributed by atoms with E-state index in [1.54, 1.807) is 12.1 Å². The largest absolute Gasteiger partial charge is 0.399 e. The zero-order valence-electron chi connectivity index (χ0n) is 10.4. The number of rotatable bonds is 4. The van der Waals surface area contributed by atoms with Crippen LogP contribution in [0.2, 0.25) is 0 Å². The molecule has 0 atom stereocenters. The van der Waals surface area contributed by atoms with Gasteiger partial charge in [-0.1, -0.05) is 19.8 Å². The number of hydrogen-bond donors (Lipinski definition) is 2. The van der Waals surface area contributed by atoms with Gasteiger partial charge in [0.25, 0.3) is 0 Å². The molecule has 1 aliphatic rings. The summed E-state index contributed by atoms with van der Waals surface area (Å²) < 4.78 is 13.6. The summed E-state index contributed by atoms with van der Waals surface area (Å²) >= 11 is 0. The molecule has 94 valence electrons. The molecule has 0 aliphatic heterocycles. The number of benzene rings is 1. The van der Waals surface area contributed by atoms with Crippen molar-refractivity contribution in [3.63, 3.8) is 0 Å². The molecule has 3 N–H and O–H groups in total. The standard InChI is InChI=1S/C14H21FN2/c1-2-14(7-3-4-8-14)10-17-13-6-5-11(16)9-12(13)15/h5-6,9,17H,2-4,7-8,10,16H2,1H3. The Morgan fingerprint density at radius 3 is 2.65 bits per heavy atom. The maximum atomic E-state index is 13.6. The molecule has 1 saturated carbocycles. The Bertz CT molecular complexity index is 384. The first-order valence-electron chi connectivity index (χ1n) is 6.44. The van der Waals surface area contributed by atoms with E-state index in [0.717, 1.165) is 13.0 Å². The Morgan fingerprint density at radius 2 is 2.06 bits per heavy atom. The number of nitrogens with one attached hydrogen (secondary N) is 1. The molecule has 2 rings (SSSR count). The van der Waals surface area contributed by atoms with Crippen LogP contribution in [0.1, 0.15) is 39.0 Å². The minimum absolute atomic E-state index is 0.255. The van der Waals surface area contributed by atoms with Crippen LogP contribution in [0.25, 0.3) is 0 Å². The zero-order chi connectivity index (χ0) is 12.3. The van der Waals surface area contributed by atoms with E-state index in [-0.39, 0.29) is 5.82 Å². The van der Waals surface area contributed by atoms with Gasteiger partial charge in [-0.3, -0.25) is 0 Å². The Morgan fingerprint density at radius 1 is 1.35 bits per heavy atom. The van der Waals surface area contributed by atoms with Crippen LogP contribution < -0.4 is 11.1 Å². The summed E-state index contributed by atoms with van der Waals surface area (Å²) in [7, 11) is 0. The van der Waals surface area contributed by atoms with Crippen LogP contribution in [0.3, 0.4) is 0 Å². The van der Waals surface area contributed by atoms with Gasteiger partial charge in [-0.2, -0.15) is 0 Å². The van der Waals surface area contributed by atoms with Crippen LogP contribution in [-0.4, -0.2) is 6.54 Å². The highest BCUT2D eigenvalue weighted by molar-refractivity contribution is 5.52. The van der Waals surface area contributed by atoms with Crippen molar-refractivity contribution in [2.45, 2.75) is 39.0 Å². The van der Waals surface area contributed by atoms with E-state index in [1.165, 1.54) is 31.7 Å². The molecule has 17 heavy (non-hydrogen) atoms. The molecule has 1 fully saturated rings. The van der Waals surface area contributed by atoms with Crippen molar-refractivity contribution in [1.82, 2.24) is 0 Å². The molecule has 0 aromatic heterocycles. The van der Waals surface area contributed by atoms with Gasteiger partial charge < -0.3 is 11.1 Å². The predicted octanol–water partition coefficient (Wildman–Crippen LogP) is 3.79. The number of nitrogens with two attached hydrogens (primary N) is 1. The monoisotopic (exact) mass is 236 g/mol. The lowest BCUT2D eigenvalue weighted by Gasteiger charge is -2.28. The fraction of sp³-hybridized carbons (Fsp3) is 0.571. The summed E-state index contributed by atoms with van der Waals surface area (Å²) in [4.78, 5) is 0. The van der Waals surface area contributed by atoms with Crippen LogP contribution in [0, 0.1) is 11.2 Å². The average molecular weight is 236 g/mol. The number of anilines is 2. The molecule has 0 bridgehead atoms. The summed E-state index contributed by atoms with van der Waals surface area (Å²) in [6, 6.07) is 4.83. The van der Waals surface area contributed by atoms with Gasteiger partial charge in [-0.05, 0) is 42.9 Å². The van der Waals surface area contributed by atoms with Crippen molar-refractivity contribution >= 4 is 11.4 Å². The number of nitrogen functional groups attached to an aromatic ring is 1. The molecule has 1 aliphatic carbocycles. The smallest absolute Gasteiger partial charge is 0.148 e. The van der Waals surface area contributed by atoms with E-state index in [0.29, 0.717) is 16.8 Å². The summed E-state index contributed by atoms with van der Waals surface area (Å²) in [6.07, 6.45) is 6.29. The summed E-state index contributed by atoms with van der Waals surface area (Å²) in [5.41, 5.74) is 6.94. The lowest BCUT2D eigenvalue weighted by atomic mass is 9.83. The maximum absolute atomic E-state index is 13.6. The van der Waals surface area contributed by atoms with Gasteiger partial charge in [0.2, 0.25) is 0 Å². The van der Waals surface area contributed by atoms with Crippen LogP contribution >= 0.6 is 0 Å². The normalized spacial score (nSPS) is 18.2. The van der Waals surface area contributed by atoms with Gasteiger partial charge >= 0.3 is 0 Å². The van der Waals surface area contributed by atoms with E-state index in [1.807, 2.05) is 0 Å². The SMILES string of the molecule is CCC1(CNc2ccc(N)cc2F)CCCC1. The van der Waals surface area contributed by atoms with Crippen molar-refractivity contribution < 1.29 is 4.39 Å². The molecule has 0 amide bonds. The van der Waals surface area contributed by atoms with E-state index in [9.17, 15) is 4.39 Å². The Hall–Kier alpha value is -1.25. The summed E-state index contributed by atoms with van der Waals surface area (Å²) in [5, 5.41) is 3.24. The van der Waals surface area contributed by atoms with E-state index in [2.05, 4.69) is 12.2 Å². The highest BCUT2D eigenvalue weighted by Crippen LogP contribution is 2.41. The third-order valence-electron chi connectivity index (χ3n) is 4.06. The molecular weight excluding hydrogens is 215 g/mol. The fourth-order valence-corrected chi connectivity index (χ4v) is 2.74. The van der Waals surface area contributed by atoms with Crippen molar-refractivity contribution in [3.05, 3.63) is 24.0 Å². The molecular formula is C14H21FN2. The van der Waals surface area contributed by atoms with Gasteiger partial charge in [0.15, 0.2) is 0 Å². The second-order valence-electron chi connectivity index (χ2n) is 5.15. The number of halogens is 1. The second-order valence-corrected chi connectivity index (χ2v) is 5.15. The van der Waals surface area contributed by atoms with Gasteiger partial charge in [0.05, 0.1) is 5.69 Å². The highest BCUT2D eigenvalue weighted by atomic mass is 19.1. The first-order valence-corrected chi connectivity index (χ1v) is 6.44. The van der Waals surface area contributed by atoms with Crippen LogP contribution in [0.15, 0.2) is 18.2 Å². The molecule has 0 saturated heterocycles. The summed E-state index contributed by atoms with van der Waals surface area (Å²) in [6.45, 7) is 3.09. The molecule has 1 aromatic carbocycles. The van der Waals surface area contributed by atoms with Crippen LogP contribution in [-0.2, 0) is 0 Å². The van der Waals surface area contributed by atoms with Gasteiger partial charge in [0, 0.05) is 12.2 Å². The van der Waals surface area contributed by atoms with E-state index >= 15 is 0 Å². The van der Waals surface area contributed by atoms with E-state index < -0.39 is 0 Å². The van der Waals surface area contributed by atoms with Crippen molar-refractivity contribution in [3.8, 4) is 0 Å². The lowest BCUT2D eigenvalue weighted by molar-refractivity contribution is 0.306. The van der Waals surface area contributed by atoms with Gasteiger partial charge in [-0.25, -0.2) is 4.39 Å². The van der Waals surface area contributed by atoms with Crippen LogP contribution in [0.5, 0.6) is 0 Å². The third-order valence-corrected chi connectivity index (χ3v) is 4.06. The molecule has 0 radical (unpaired) electrons. The zero-order valence-corrected chi connectivity index (χ0v) is 10.4. The predicted molar refractivity (Wildman–Crippen MR) is 70.5 cm³/mol. The Balaban J connectivity index is 2.01. The topological polar surface area (TPSA) is 38.0 Å². The number of hydrogen-bond acceptors (Lipinski definition) is 2. The molecule has 2 nitrogen and oxygen atoms in total. The van der Waals surface area contributed by atoms with E-state index in [4.69, 9.17) is 5.73 Å². The van der Waals surface area contributed by atoms with Gasteiger partial charge in [0.1, 0.15) is 5.82 Å². The quantitative estimate of drug-likeness (QED) is 0.780. The molecule has 3 heteroatoms. The third kappa shape index (κ3) is 2.71. The minimum Gasteiger partial charge on any atom is -0.399 e. The van der Waals surface area contributed by atoms with Crippen molar-refractivity contribution in [1.29, 1.82) is 0 Å².